The minimum atomic E-state index is -0.393. The maximum Gasteiger partial charge on any atom is 0.269 e. The Morgan fingerprint density at radius 1 is 1.50 bits per heavy atom. The lowest BCUT2D eigenvalue weighted by atomic mass is 10.2. The van der Waals surface area contributed by atoms with Gasteiger partial charge in [0.1, 0.15) is 0 Å². The van der Waals surface area contributed by atoms with E-state index in [1.165, 1.54) is 6.07 Å². The lowest BCUT2D eigenvalue weighted by molar-refractivity contribution is -0.384. The van der Waals surface area contributed by atoms with E-state index < -0.39 is 4.92 Å². The van der Waals surface area contributed by atoms with Crippen LogP contribution in [0.4, 0.5) is 5.69 Å². The van der Waals surface area contributed by atoms with Crippen LogP contribution in [0.15, 0.2) is 24.3 Å². The van der Waals surface area contributed by atoms with E-state index >= 15 is 0 Å². The van der Waals surface area contributed by atoms with Crippen LogP contribution in [0.1, 0.15) is 25.3 Å². The summed E-state index contributed by atoms with van der Waals surface area (Å²) in [5, 5.41) is 14.0. The van der Waals surface area contributed by atoms with Gasteiger partial charge in [0.15, 0.2) is 0 Å². The summed E-state index contributed by atoms with van der Waals surface area (Å²) in [4.78, 5) is 23.7. The number of nitro groups is 1. The molecule has 1 N–H and O–H groups in total. The molecule has 0 aliphatic carbocycles. The molecule has 1 aromatic rings. The van der Waals surface area contributed by atoms with Gasteiger partial charge in [0, 0.05) is 44.2 Å². The molecule has 0 bridgehead atoms. The van der Waals surface area contributed by atoms with Crippen molar-refractivity contribution in [1.29, 1.82) is 0 Å². The van der Waals surface area contributed by atoms with Gasteiger partial charge >= 0.3 is 0 Å². The standard InChI is InChI=1S/C14H19N3O3/c1-11(10-16-7-3-6-14(16)18)15-9-12-4-2-5-13(8-12)17(19)20/h2,4-5,8,11,15H,3,6-7,9-10H2,1H3. The first-order chi connectivity index (χ1) is 9.56. The Balaban J connectivity index is 1.83. The van der Waals surface area contributed by atoms with Gasteiger partial charge in [-0.3, -0.25) is 14.9 Å². The first-order valence-corrected chi connectivity index (χ1v) is 6.81. The molecule has 0 spiro atoms. The molecule has 0 aromatic heterocycles. The topological polar surface area (TPSA) is 75.5 Å². The van der Waals surface area contributed by atoms with Crippen LogP contribution in [-0.4, -0.2) is 34.9 Å². The van der Waals surface area contributed by atoms with Gasteiger partial charge < -0.3 is 10.2 Å². The highest BCUT2D eigenvalue weighted by Gasteiger charge is 2.21. The number of benzene rings is 1. The van der Waals surface area contributed by atoms with Crippen molar-refractivity contribution in [2.75, 3.05) is 13.1 Å². The van der Waals surface area contributed by atoms with Crippen LogP contribution in [0.3, 0.4) is 0 Å². The Morgan fingerprint density at radius 2 is 2.30 bits per heavy atom. The number of nitrogens with one attached hydrogen (secondary N) is 1. The van der Waals surface area contributed by atoms with Crippen molar-refractivity contribution in [3.05, 3.63) is 39.9 Å². The zero-order valence-corrected chi connectivity index (χ0v) is 11.5. The first-order valence-electron chi connectivity index (χ1n) is 6.81. The number of non-ortho nitro benzene ring substituents is 1. The fourth-order valence-corrected chi connectivity index (χ4v) is 2.36. The van der Waals surface area contributed by atoms with Gasteiger partial charge in [0.25, 0.3) is 5.69 Å². The molecule has 1 aliphatic rings. The zero-order chi connectivity index (χ0) is 14.5. The minimum Gasteiger partial charge on any atom is -0.341 e. The van der Waals surface area contributed by atoms with Gasteiger partial charge in [-0.2, -0.15) is 0 Å². The molecule has 1 unspecified atom stereocenters. The third-order valence-corrected chi connectivity index (χ3v) is 3.44. The Morgan fingerprint density at radius 3 is 2.95 bits per heavy atom. The van der Waals surface area contributed by atoms with Gasteiger partial charge in [-0.1, -0.05) is 12.1 Å². The molecule has 2 rings (SSSR count). The normalized spacial score (nSPS) is 16.4. The lowest BCUT2D eigenvalue weighted by Gasteiger charge is -2.21. The number of carbonyl (C=O) groups excluding carboxylic acids is 1. The summed E-state index contributed by atoms with van der Waals surface area (Å²) < 4.78 is 0. The fraction of sp³-hybridized carbons (Fsp3) is 0.500. The average molecular weight is 277 g/mol. The van der Waals surface area contributed by atoms with Crippen molar-refractivity contribution in [3.63, 3.8) is 0 Å². The fourth-order valence-electron chi connectivity index (χ4n) is 2.36. The largest absolute Gasteiger partial charge is 0.341 e. The predicted molar refractivity (Wildman–Crippen MR) is 75.2 cm³/mol. The van der Waals surface area contributed by atoms with Gasteiger partial charge in [-0.05, 0) is 18.9 Å². The summed E-state index contributed by atoms with van der Waals surface area (Å²) in [6, 6.07) is 6.75. The van der Waals surface area contributed by atoms with E-state index in [1.54, 1.807) is 12.1 Å². The molecule has 0 radical (unpaired) electrons. The second-order valence-corrected chi connectivity index (χ2v) is 5.15. The summed E-state index contributed by atoms with van der Waals surface area (Å²) in [7, 11) is 0. The van der Waals surface area contributed by atoms with Crippen LogP contribution in [0.25, 0.3) is 0 Å². The smallest absolute Gasteiger partial charge is 0.269 e. The summed E-state index contributed by atoms with van der Waals surface area (Å²) in [5.74, 6) is 0.217. The summed E-state index contributed by atoms with van der Waals surface area (Å²) in [6.45, 7) is 4.10. The molecule has 1 atom stereocenters. The van der Waals surface area contributed by atoms with Gasteiger partial charge in [0.05, 0.1) is 4.92 Å². The van der Waals surface area contributed by atoms with Crippen LogP contribution in [0, 0.1) is 10.1 Å². The van der Waals surface area contributed by atoms with Crippen molar-refractivity contribution in [1.82, 2.24) is 10.2 Å². The van der Waals surface area contributed by atoms with Crippen LogP contribution in [-0.2, 0) is 11.3 Å². The number of nitro benzene ring substituents is 1. The van der Waals surface area contributed by atoms with Crippen LogP contribution in [0.2, 0.25) is 0 Å². The third kappa shape index (κ3) is 3.77. The number of hydrogen-bond donors (Lipinski definition) is 1. The molecule has 6 heteroatoms. The maximum atomic E-state index is 11.5. The molecule has 1 aromatic carbocycles. The van der Waals surface area contributed by atoms with Crippen LogP contribution in [0.5, 0.6) is 0 Å². The first kappa shape index (κ1) is 14.5. The van der Waals surface area contributed by atoms with Crippen LogP contribution < -0.4 is 5.32 Å². The molecule has 1 heterocycles. The monoisotopic (exact) mass is 277 g/mol. The predicted octanol–water partition coefficient (Wildman–Crippen LogP) is 1.70. The van der Waals surface area contributed by atoms with E-state index in [0.29, 0.717) is 19.5 Å². The molecule has 1 fully saturated rings. The van der Waals surface area contributed by atoms with Gasteiger partial charge in [0.2, 0.25) is 5.91 Å². The highest BCUT2D eigenvalue weighted by Crippen LogP contribution is 2.13. The molecule has 1 saturated heterocycles. The molecular weight excluding hydrogens is 258 g/mol. The number of likely N-dealkylation sites (tertiary alicyclic amines) is 1. The summed E-state index contributed by atoms with van der Waals surface area (Å²) >= 11 is 0. The molecule has 20 heavy (non-hydrogen) atoms. The SMILES string of the molecule is CC(CN1CCCC1=O)NCc1cccc([N+](=O)[O-])c1. The Kier molecular flexibility index (Phi) is 4.68. The highest BCUT2D eigenvalue weighted by molar-refractivity contribution is 5.78. The number of hydrogen-bond acceptors (Lipinski definition) is 4. The molecule has 0 saturated carbocycles. The third-order valence-electron chi connectivity index (χ3n) is 3.44. The highest BCUT2D eigenvalue weighted by atomic mass is 16.6. The Bertz CT molecular complexity index is 504. The van der Waals surface area contributed by atoms with E-state index in [-0.39, 0.29) is 17.6 Å². The number of carbonyl (C=O) groups is 1. The van der Waals surface area contributed by atoms with Gasteiger partial charge in [-0.15, -0.1) is 0 Å². The van der Waals surface area contributed by atoms with E-state index in [2.05, 4.69) is 5.32 Å². The minimum absolute atomic E-state index is 0.103. The number of nitrogens with zero attached hydrogens (tertiary/aromatic N) is 2. The number of amides is 1. The zero-order valence-electron chi connectivity index (χ0n) is 11.5. The van der Waals surface area contributed by atoms with E-state index in [4.69, 9.17) is 0 Å². The van der Waals surface area contributed by atoms with E-state index in [9.17, 15) is 14.9 Å². The quantitative estimate of drug-likeness (QED) is 0.634. The van der Waals surface area contributed by atoms with Crippen molar-refractivity contribution in [2.45, 2.75) is 32.4 Å². The molecular formula is C14H19N3O3. The van der Waals surface area contributed by atoms with Crippen molar-refractivity contribution < 1.29 is 9.72 Å². The second-order valence-electron chi connectivity index (χ2n) is 5.15. The van der Waals surface area contributed by atoms with Crippen LogP contribution >= 0.6 is 0 Å². The molecule has 1 aliphatic heterocycles. The molecule has 108 valence electrons. The van der Waals surface area contributed by atoms with E-state index in [0.717, 1.165) is 18.5 Å². The van der Waals surface area contributed by atoms with Crippen molar-refractivity contribution >= 4 is 11.6 Å². The lowest BCUT2D eigenvalue weighted by Crippen LogP contribution is -2.39. The van der Waals surface area contributed by atoms with Crippen molar-refractivity contribution in [2.24, 2.45) is 0 Å². The van der Waals surface area contributed by atoms with E-state index in [1.807, 2.05) is 17.9 Å². The average Bonchev–Trinajstić information content (AvgIpc) is 2.82. The summed E-state index contributed by atoms with van der Waals surface area (Å²) in [6.07, 6.45) is 1.59. The van der Waals surface area contributed by atoms with Crippen molar-refractivity contribution in [3.8, 4) is 0 Å². The molecule has 1 amide bonds. The Hall–Kier alpha value is -1.95. The van der Waals surface area contributed by atoms with Gasteiger partial charge in [-0.25, -0.2) is 0 Å². The number of rotatable bonds is 6. The molecule has 6 nitrogen and oxygen atoms in total. The maximum absolute atomic E-state index is 11.5. The summed E-state index contributed by atoms with van der Waals surface area (Å²) in [5.41, 5.74) is 0.977. The second kappa shape index (κ2) is 6.47. The Labute approximate surface area is 117 Å².